The zero-order chi connectivity index (χ0) is 22.8. The number of fused-ring (bicyclic) bond motifs is 3. The second-order valence-electron chi connectivity index (χ2n) is 8.06. The fraction of sp³-hybridized carbons (Fsp3) is 0.103. The van der Waals surface area contributed by atoms with Crippen LogP contribution in [0.3, 0.4) is 0 Å². The van der Waals surface area contributed by atoms with Gasteiger partial charge in [-0.1, -0.05) is 89.3 Å². The molecule has 3 nitrogen and oxygen atoms in total. The van der Waals surface area contributed by atoms with Gasteiger partial charge in [-0.15, -0.1) is 0 Å². The maximum atomic E-state index is 5.07. The number of rotatable bonds is 3. The molecule has 5 rings (SSSR count). The number of benzene rings is 3. The van der Waals surface area contributed by atoms with Crippen LogP contribution in [0.15, 0.2) is 118 Å². The third kappa shape index (κ3) is 4.27. The van der Waals surface area contributed by atoms with E-state index in [1.165, 1.54) is 10.8 Å². The van der Waals surface area contributed by atoms with Gasteiger partial charge in [0, 0.05) is 20.8 Å². The molecule has 3 aromatic carbocycles. The Labute approximate surface area is 202 Å². The van der Waals surface area contributed by atoms with Crippen LogP contribution in [-0.2, 0) is 0 Å². The fourth-order valence-corrected chi connectivity index (χ4v) is 4.61. The Kier molecular flexibility index (Phi) is 5.93. The van der Waals surface area contributed by atoms with Crippen LogP contribution in [-0.4, -0.2) is 16.2 Å². The molecule has 0 radical (unpaired) electrons. The summed E-state index contributed by atoms with van der Waals surface area (Å²) in [4.78, 5) is 9.96. The summed E-state index contributed by atoms with van der Waals surface area (Å²) in [6, 6.07) is 24.9. The first-order valence-corrected chi connectivity index (χ1v) is 11.9. The second-order valence-corrected chi connectivity index (χ2v) is 8.98. The van der Waals surface area contributed by atoms with E-state index in [0.717, 1.165) is 45.3 Å². The molecule has 0 saturated heterocycles. The summed E-state index contributed by atoms with van der Waals surface area (Å²) in [5, 5.41) is 2.39. The largest absolute Gasteiger partial charge is 0.297 e. The zero-order valence-corrected chi connectivity index (χ0v) is 20.1. The van der Waals surface area contributed by atoms with E-state index < -0.39 is 0 Å². The van der Waals surface area contributed by atoms with Crippen LogP contribution in [0, 0.1) is 0 Å². The number of halogens is 1. The Morgan fingerprint density at radius 1 is 0.879 bits per heavy atom. The van der Waals surface area contributed by atoms with Crippen LogP contribution in [0.4, 0.5) is 0 Å². The van der Waals surface area contributed by atoms with Gasteiger partial charge >= 0.3 is 0 Å². The van der Waals surface area contributed by atoms with Gasteiger partial charge in [0.05, 0.1) is 16.7 Å². The Morgan fingerprint density at radius 2 is 1.64 bits per heavy atom. The summed E-state index contributed by atoms with van der Waals surface area (Å²) in [5.74, 6) is 1.54. The van der Waals surface area contributed by atoms with E-state index in [0.29, 0.717) is 11.5 Å². The van der Waals surface area contributed by atoms with Gasteiger partial charge in [-0.25, -0.2) is 9.98 Å². The standard InChI is InChI=1S/C29H24BrN3/c1-20(22-11-5-3-6-12-22)31-29(23-13-7-4-8-14-23)32-21(2)33-27-16-10-9-15-25(27)26-19-24(30)17-18-28(26)33/h3,5-7,9-19H,1,4,8H2,2H3. The van der Waals surface area contributed by atoms with Gasteiger partial charge in [-0.05, 0) is 49.6 Å². The van der Waals surface area contributed by atoms with E-state index in [1.807, 2.05) is 37.3 Å². The van der Waals surface area contributed by atoms with Crippen molar-refractivity contribution < 1.29 is 0 Å². The highest BCUT2D eigenvalue weighted by atomic mass is 79.9. The summed E-state index contributed by atoms with van der Waals surface area (Å²) in [7, 11) is 0. The monoisotopic (exact) mass is 493 g/mol. The molecule has 0 aliphatic heterocycles. The van der Waals surface area contributed by atoms with Crippen LogP contribution < -0.4 is 0 Å². The maximum absolute atomic E-state index is 5.07. The van der Waals surface area contributed by atoms with Crippen molar-refractivity contribution >= 4 is 55.1 Å². The molecule has 0 unspecified atom stereocenters. The van der Waals surface area contributed by atoms with Crippen molar-refractivity contribution in [1.82, 2.24) is 4.57 Å². The molecule has 33 heavy (non-hydrogen) atoms. The summed E-state index contributed by atoms with van der Waals surface area (Å²) in [6.07, 6.45) is 8.53. The lowest BCUT2D eigenvalue weighted by Crippen LogP contribution is -2.12. The molecule has 0 fully saturated rings. The SMILES string of the molecule is C=C(N=C(N=C(C)n1c2ccccc2c2cc(Br)ccc21)C1=CCCC=C1)c1ccccc1. The number of nitrogens with zero attached hydrogens (tertiary/aromatic N) is 3. The lowest BCUT2D eigenvalue weighted by molar-refractivity contribution is 1.03. The van der Waals surface area contributed by atoms with Gasteiger partial charge in [0.2, 0.25) is 0 Å². The molecular weight excluding hydrogens is 470 g/mol. The smallest absolute Gasteiger partial charge is 0.161 e. The van der Waals surface area contributed by atoms with E-state index >= 15 is 0 Å². The van der Waals surface area contributed by atoms with Crippen molar-refractivity contribution in [2.75, 3.05) is 0 Å². The quantitative estimate of drug-likeness (QED) is 0.203. The van der Waals surface area contributed by atoms with Gasteiger partial charge in [0.1, 0.15) is 5.84 Å². The minimum Gasteiger partial charge on any atom is -0.297 e. The molecule has 0 amide bonds. The average Bonchev–Trinajstić information content (AvgIpc) is 3.18. The lowest BCUT2D eigenvalue weighted by Gasteiger charge is -2.12. The van der Waals surface area contributed by atoms with Gasteiger partial charge in [-0.3, -0.25) is 4.57 Å². The van der Waals surface area contributed by atoms with Gasteiger partial charge in [-0.2, -0.15) is 0 Å². The first-order valence-electron chi connectivity index (χ1n) is 11.1. The van der Waals surface area contributed by atoms with E-state index in [4.69, 9.17) is 9.98 Å². The summed E-state index contributed by atoms with van der Waals surface area (Å²) < 4.78 is 3.27. The highest BCUT2D eigenvalue weighted by molar-refractivity contribution is 9.10. The first kappa shape index (κ1) is 21.4. The number of hydrogen-bond acceptors (Lipinski definition) is 1. The van der Waals surface area contributed by atoms with Gasteiger partial charge in [0.25, 0.3) is 0 Å². The first-order chi connectivity index (χ1) is 16.1. The van der Waals surface area contributed by atoms with Crippen LogP contribution in [0.1, 0.15) is 25.3 Å². The Balaban J connectivity index is 1.68. The molecule has 0 spiro atoms. The fourth-order valence-electron chi connectivity index (χ4n) is 4.25. The van der Waals surface area contributed by atoms with Crippen LogP contribution in [0.25, 0.3) is 27.5 Å². The molecule has 1 aliphatic rings. The molecule has 1 aliphatic carbocycles. The molecule has 0 saturated carbocycles. The number of aromatic nitrogens is 1. The summed E-state index contributed by atoms with van der Waals surface area (Å²) in [6.45, 7) is 6.26. The Morgan fingerprint density at radius 3 is 2.42 bits per heavy atom. The van der Waals surface area contributed by atoms with Gasteiger partial charge in [0.15, 0.2) is 5.84 Å². The molecule has 1 heterocycles. The highest BCUT2D eigenvalue weighted by Gasteiger charge is 2.14. The topological polar surface area (TPSA) is 29.6 Å². The molecule has 162 valence electrons. The summed E-state index contributed by atoms with van der Waals surface area (Å²) in [5.41, 5.74) is 4.97. The summed E-state index contributed by atoms with van der Waals surface area (Å²) >= 11 is 3.62. The van der Waals surface area contributed by atoms with Crippen molar-refractivity contribution in [1.29, 1.82) is 0 Å². The van der Waals surface area contributed by atoms with E-state index in [2.05, 4.69) is 87.8 Å². The van der Waals surface area contributed by atoms with Crippen LogP contribution >= 0.6 is 15.9 Å². The molecular formula is C29H24BrN3. The molecule has 0 N–H and O–H groups in total. The third-order valence-corrected chi connectivity index (χ3v) is 6.32. The van der Waals surface area contributed by atoms with E-state index in [9.17, 15) is 0 Å². The van der Waals surface area contributed by atoms with Crippen molar-refractivity contribution in [3.05, 3.63) is 113 Å². The predicted molar refractivity (Wildman–Crippen MR) is 145 cm³/mol. The molecule has 0 bridgehead atoms. The normalized spacial score (nSPS) is 14.7. The minimum absolute atomic E-state index is 0.681. The Hall–Kier alpha value is -3.50. The number of amidine groups is 1. The molecule has 4 heteroatoms. The van der Waals surface area contributed by atoms with E-state index in [-0.39, 0.29) is 0 Å². The number of allylic oxidation sites excluding steroid dienone is 2. The molecule has 0 atom stereocenters. The van der Waals surface area contributed by atoms with Crippen LogP contribution in [0.2, 0.25) is 0 Å². The van der Waals surface area contributed by atoms with Gasteiger partial charge < -0.3 is 0 Å². The van der Waals surface area contributed by atoms with Crippen molar-refractivity contribution in [3.8, 4) is 0 Å². The zero-order valence-electron chi connectivity index (χ0n) is 18.5. The highest BCUT2D eigenvalue weighted by Crippen LogP contribution is 2.31. The lowest BCUT2D eigenvalue weighted by atomic mass is 10.1. The number of para-hydroxylation sites is 1. The average molecular weight is 494 g/mol. The predicted octanol–water partition coefficient (Wildman–Crippen LogP) is 8.17. The van der Waals surface area contributed by atoms with Crippen molar-refractivity contribution in [3.63, 3.8) is 0 Å². The number of aliphatic imine (C=N–C) groups is 2. The molecule has 1 aromatic heterocycles. The van der Waals surface area contributed by atoms with Crippen molar-refractivity contribution in [2.24, 2.45) is 9.98 Å². The number of hydrogen-bond donors (Lipinski definition) is 0. The maximum Gasteiger partial charge on any atom is 0.161 e. The van der Waals surface area contributed by atoms with Crippen molar-refractivity contribution in [2.45, 2.75) is 19.8 Å². The minimum atomic E-state index is 0.681. The molecule has 4 aromatic rings. The van der Waals surface area contributed by atoms with Crippen LogP contribution in [0.5, 0.6) is 0 Å². The second kappa shape index (κ2) is 9.16. The van der Waals surface area contributed by atoms with E-state index in [1.54, 1.807) is 0 Å². The Bertz CT molecular complexity index is 1480. The third-order valence-electron chi connectivity index (χ3n) is 5.83.